The number of hydrogen-bond donors (Lipinski definition) is 1. The van der Waals surface area contributed by atoms with Crippen LogP contribution in [-0.4, -0.2) is 34.6 Å². The van der Waals surface area contributed by atoms with Gasteiger partial charge in [-0.15, -0.1) is 0 Å². The first kappa shape index (κ1) is 34.4. The number of para-hydroxylation sites is 1. The van der Waals surface area contributed by atoms with Crippen molar-refractivity contribution in [2.24, 2.45) is 0 Å². The fraction of sp³-hybridized carbons (Fsp3) is 0.195. The lowest BCUT2D eigenvalue weighted by Gasteiger charge is -2.44. The molecule has 264 valence electrons. The summed E-state index contributed by atoms with van der Waals surface area (Å²) in [4.78, 5) is 36.5. The van der Waals surface area contributed by atoms with E-state index < -0.39 is 17.7 Å². The first-order valence-corrected chi connectivity index (χ1v) is 16.9. The van der Waals surface area contributed by atoms with Gasteiger partial charge < -0.3 is 24.5 Å². The summed E-state index contributed by atoms with van der Waals surface area (Å²) >= 11 is 0. The number of carboxylic acids is 1. The molecule has 0 saturated carbocycles. The highest BCUT2D eigenvalue weighted by Gasteiger charge is 2.34. The second-order valence-electron chi connectivity index (χ2n) is 12.8. The van der Waals surface area contributed by atoms with Gasteiger partial charge in [0, 0.05) is 59.5 Å². The van der Waals surface area contributed by atoms with Crippen LogP contribution in [0.15, 0.2) is 109 Å². The molecule has 4 aromatic carbocycles. The van der Waals surface area contributed by atoms with E-state index in [0.29, 0.717) is 37.4 Å². The van der Waals surface area contributed by atoms with Gasteiger partial charge in [-0.1, -0.05) is 49.4 Å². The number of carboxylic acid groups (broad SMARTS) is 1. The van der Waals surface area contributed by atoms with Gasteiger partial charge in [0.2, 0.25) is 11.8 Å². The Hall–Kier alpha value is -6.10. The van der Waals surface area contributed by atoms with Crippen LogP contribution in [0.3, 0.4) is 0 Å². The molecule has 52 heavy (non-hydrogen) atoms. The van der Waals surface area contributed by atoms with Crippen molar-refractivity contribution in [3.8, 4) is 22.9 Å². The van der Waals surface area contributed by atoms with E-state index in [4.69, 9.17) is 4.74 Å². The highest BCUT2D eigenvalue weighted by atomic mass is 19.4. The van der Waals surface area contributed by atoms with Crippen LogP contribution in [0.4, 0.5) is 24.5 Å². The highest BCUT2D eigenvalue weighted by molar-refractivity contribution is 5.96. The van der Waals surface area contributed by atoms with Crippen molar-refractivity contribution < 1.29 is 32.6 Å². The number of nitrogens with zero attached hydrogens (tertiary/aromatic N) is 3. The lowest BCUT2D eigenvalue weighted by atomic mass is 9.98. The number of H-pyrrole nitrogens is 1. The number of aryl methyl sites for hydroxylation is 1. The van der Waals surface area contributed by atoms with Gasteiger partial charge in [0.15, 0.2) is 0 Å². The van der Waals surface area contributed by atoms with Gasteiger partial charge in [0.1, 0.15) is 11.9 Å². The van der Waals surface area contributed by atoms with Crippen LogP contribution < -0.4 is 19.6 Å². The molecule has 1 aliphatic rings. The van der Waals surface area contributed by atoms with Crippen molar-refractivity contribution in [2.45, 2.75) is 45.5 Å². The van der Waals surface area contributed by atoms with Crippen molar-refractivity contribution in [1.82, 2.24) is 9.97 Å². The Morgan fingerprint density at radius 1 is 0.962 bits per heavy atom. The normalized spacial score (nSPS) is 14.9. The second kappa shape index (κ2) is 13.9. The summed E-state index contributed by atoms with van der Waals surface area (Å²) in [6.45, 7) is 4.42. The fourth-order valence-electron chi connectivity index (χ4n) is 6.85. The summed E-state index contributed by atoms with van der Waals surface area (Å²) in [7, 11) is 0. The van der Waals surface area contributed by atoms with Gasteiger partial charge in [0.25, 0.3) is 0 Å². The number of anilines is 2. The molecule has 1 N–H and O–H groups in total. The number of aromatic amines is 1. The van der Waals surface area contributed by atoms with E-state index in [2.05, 4.69) is 14.9 Å². The van der Waals surface area contributed by atoms with E-state index in [0.717, 1.165) is 62.4 Å². The lowest BCUT2D eigenvalue weighted by Crippen LogP contribution is -2.56. The van der Waals surface area contributed by atoms with Crippen LogP contribution >= 0.6 is 0 Å². The van der Waals surface area contributed by atoms with Crippen LogP contribution in [0.2, 0.25) is 0 Å². The number of benzene rings is 4. The molecule has 1 unspecified atom stereocenters. The molecular formula is C41H34F3N4O4-. The summed E-state index contributed by atoms with van der Waals surface area (Å²) in [5.74, 6) is -0.304. The number of ether oxygens (including phenoxy) is 1. The van der Waals surface area contributed by atoms with Crippen LogP contribution in [0, 0.1) is 6.92 Å². The number of amides is 1. The van der Waals surface area contributed by atoms with Gasteiger partial charge in [-0.3, -0.25) is 9.69 Å². The van der Waals surface area contributed by atoms with Crippen molar-refractivity contribution in [3.63, 3.8) is 0 Å². The van der Waals surface area contributed by atoms with E-state index in [1.54, 1.807) is 29.3 Å². The summed E-state index contributed by atoms with van der Waals surface area (Å²) in [5, 5.41) is 12.2. The Morgan fingerprint density at radius 3 is 2.35 bits per heavy atom. The fourth-order valence-corrected chi connectivity index (χ4v) is 6.85. The Balaban J connectivity index is 1.10. The quantitative estimate of drug-likeness (QED) is 0.163. The van der Waals surface area contributed by atoms with Crippen LogP contribution in [0.5, 0.6) is 11.6 Å². The van der Waals surface area contributed by atoms with Gasteiger partial charge >= 0.3 is 6.18 Å². The molecule has 2 aromatic heterocycles. The van der Waals surface area contributed by atoms with Gasteiger partial charge in [-0.05, 0) is 90.2 Å². The summed E-state index contributed by atoms with van der Waals surface area (Å²) in [6.07, 6.45) is -1.60. The zero-order valence-corrected chi connectivity index (χ0v) is 28.4. The Morgan fingerprint density at radius 2 is 1.69 bits per heavy atom. The third-order valence-corrected chi connectivity index (χ3v) is 9.44. The van der Waals surface area contributed by atoms with Crippen molar-refractivity contribution in [2.75, 3.05) is 16.3 Å². The van der Waals surface area contributed by atoms with E-state index >= 15 is 0 Å². The lowest BCUT2D eigenvalue weighted by molar-refractivity contribution is -0.255. The molecule has 1 amide bonds. The van der Waals surface area contributed by atoms with Crippen LogP contribution in [0.1, 0.15) is 52.4 Å². The van der Waals surface area contributed by atoms with Gasteiger partial charge in [-0.2, -0.15) is 13.2 Å². The molecule has 8 nitrogen and oxygen atoms in total. The van der Waals surface area contributed by atoms with Crippen LogP contribution in [-0.2, 0) is 17.4 Å². The molecule has 11 heteroatoms. The largest absolute Gasteiger partial charge is 0.545 e. The molecule has 1 atom stereocenters. The molecule has 1 saturated heterocycles. The van der Waals surface area contributed by atoms with E-state index in [1.165, 1.54) is 24.3 Å². The molecule has 0 spiro atoms. The summed E-state index contributed by atoms with van der Waals surface area (Å²) in [6, 6.07) is 28.7. The van der Waals surface area contributed by atoms with E-state index in [9.17, 15) is 27.9 Å². The Kier molecular flexibility index (Phi) is 9.18. The zero-order chi connectivity index (χ0) is 36.6. The highest BCUT2D eigenvalue weighted by Crippen LogP contribution is 2.36. The number of aromatic carboxylic acids is 1. The Labute approximate surface area is 298 Å². The average Bonchev–Trinajstić information content (AvgIpc) is 3.50. The maximum absolute atomic E-state index is 13.3. The monoisotopic (exact) mass is 703 g/mol. The predicted molar refractivity (Wildman–Crippen MR) is 191 cm³/mol. The van der Waals surface area contributed by atoms with E-state index in [1.807, 2.05) is 62.4 Å². The molecular weight excluding hydrogens is 669 g/mol. The maximum atomic E-state index is 13.3. The molecule has 7 rings (SSSR count). The number of rotatable bonds is 9. The Bertz CT molecular complexity index is 2250. The number of alkyl halides is 3. The molecule has 6 aromatic rings. The van der Waals surface area contributed by atoms with Crippen LogP contribution in [0.25, 0.3) is 22.2 Å². The number of pyridine rings is 1. The molecule has 0 bridgehead atoms. The number of nitrogens with one attached hydrogen (secondary N) is 1. The van der Waals surface area contributed by atoms with Gasteiger partial charge in [-0.25, -0.2) is 4.98 Å². The maximum Gasteiger partial charge on any atom is 0.416 e. The molecule has 0 aliphatic carbocycles. The number of halogens is 3. The van der Waals surface area contributed by atoms with Crippen molar-refractivity contribution >= 4 is 34.2 Å². The molecule has 0 radical (unpaired) electrons. The zero-order valence-electron chi connectivity index (χ0n) is 28.4. The van der Waals surface area contributed by atoms with Gasteiger partial charge in [0.05, 0.1) is 17.2 Å². The second-order valence-corrected chi connectivity index (χ2v) is 12.8. The molecule has 1 aliphatic heterocycles. The first-order chi connectivity index (χ1) is 25.0. The molecule has 1 fully saturated rings. The van der Waals surface area contributed by atoms with E-state index in [-0.39, 0.29) is 17.6 Å². The third-order valence-electron chi connectivity index (χ3n) is 9.44. The standard InChI is InChI=1S/C41H35F3N4O4/c1-3-37-47(30-15-10-27(11-16-30)40(50)51)21-20-38(49)48(37)31-17-18-35(25(2)22-31)52-36-19-12-28(24-45-36)39-33(32-6-4-5-7-34(32)46-39)23-26-8-13-29(14-9-26)41(42,43)44/h4-19,22,24,37,46H,3,20-21,23H2,1-2H3,(H,50,51)/p-1. The smallest absolute Gasteiger partial charge is 0.416 e. The third kappa shape index (κ3) is 6.81. The minimum Gasteiger partial charge on any atom is -0.545 e. The topological polar surface area (TPSA) is 102 Å². The van der Waals surface area contributed by atoms with Crippen molar-refractivity contribution in [3.05, 3.63) is 137 Å². The SMILES string of the molecule is CCC1N(c2ccc(C(=O)[O-])cc2)CCC(=O)N1c1ccc(Oc2ccc(-c3[nH]c4ccccc4c3Cc3ccc(C(F)(F)F)cc3)cn2)c(C)c1. The van der Waals surface area contributed by atoms with Crippen molar-refractivity contribution in [1.29, 1.82) is 0 Å². The minimum absolute atomic E-state index is 0.00514. The number of carbonyl (C=O) groups is 2. The summed E-state index contributed by atoms with van der Waals surface area (Å²) < 4.78 is 45.7. The first-order valence-electron chi connectivity index (χ1n) is 16.9. The average molecular weight is 704 g/mol. The number of hydrogen-bond acceptors (Lipinski definition) is 6. The molecule has 3 heterocycles. The summed E-state index contributed by atoms with van der Waals surface area (Å²) in [5.41, 5.74) is 5.98. The minimum atomic E-state index is -4.40. The number of aromatic nitrogens is 2. The number of fused-ring (bicyclic) bond motifs is 1. The predicted octanol–water partition coefficient (Wildman–Crippen LogP) is 8.28. The number of carbonyl (C=O) groups excluding carboxylic acids is 2.